The molecule has 3 nitrogen and oxygen atoms in total. The van der Waals surface area contributed by atoms with Gasteiger partial charge in [-0.25, -0.2) is 0 Å². The highest BCUT2D eigenvalue weighted by Gasteiger charge is 2.12. The summed E-state index contributed by atoms with van der Waals surface area (Å²) in [4.78, 5) is 12.4. The number of nitrogens with zero attached hydrogens (tertiary/aromatic N) is 1. The minimum atomic E-state index is -0.864. The van der Waals surface area contributed by atoms with Crippen LogP contribution in [0.1, 0.15) is 20.3 Å². The smallest absolute Gasteiger partial charge is 0.250 e. The largest absolute Gasteiger partial charge is 0.384 e. The number of amides is 1. The SMILES string of the molecule is CCCN(C)C(=O)[C@@H](C)O. The second kappa shape index (κ2) is 4.28. The molecule has 1 N–H and O–H groups in total. The van der Waals surface area contributed by atoms with Gasteiger partial charge < -0.3 is 10.0 Å². The molecule has 0 aliphatic heterocycles. The first kappa shape index (κ1) is 9.43. The Hall–Kier alpha value is -0.570. The Morgan fingerprint density at radius 2 is 2.20 bits per heavy atom. The van der Waals surface area contributed by atoms with Crippen LogP contribution in [0.5, 0.6) is 0 Å². The highest BCUT2D eigenvalue weighted by Crippen LogP contribution is 1.91. The van der Waals surface area contributed by atoms with Gasteiger partial charge in [0.25, 0.3) is 5.91 Å². The van der Waals surface area contributed by atoms with Gasteiger partial charge in [0.15, 0.2) is 0 Å². The first-order valence-corrected chi connectivity index (χ1v) is 3.52. The Kier molecular flexibility index (Phi) is 4.03. The number of likely N-dealkylation sites (N-methyl/N-ethyl adjacent to an activating group) is 1. The molecule has 0 rings (SSSR count). The Labute approximate surface area is 61.6 Å². The van der Waals surface area contributed by atoms with Crippen LogP contribution in [0.2, 0.25) is 0 Å². The van der Waals surface area contributed by atoms with Gasteiger partial charge >= 0.3 is 0 Å². The van der Waals surface area contributed by atoms with Crippen molar-refractivity contribution in [3.05, 3.63) is 0 Å². The Morgan fingerprint density at radius 3 is 2.50 bits per heavy atom. The van der Waals surface area contributed by atoms with Gasteiger partial charge in [0.2, 0.25) is 0 Å². The molecule has 0 aromatic heterocycles. The summed E-state index contributed by atoms with van der Waals surface area (Å²) < 4.78 is 0. The molecule has 0 fully saturated rings. The van der Waals surface area contributed by atoms with Crippen LogP contribution in [0.25, 0.3) is 0 Å². The Balaban J connectivity index is 3.71. The quantitative estimate of drug-likeness (QED) is 0.617. The average molecular weight is 145 g/mol. The van der Waals surface area contributed by atoms with Crippen molar-refractivity contribution in [1.82, 2.24) is 4.90 Å². The summed E-state index contributed by atoms with van der Waals surface area (Å²) in [5.41, 5.74) is 0. The summed E-state index contributed by atoms with van der Waals surface area (Å²) in [5.74, 6) is -0.207. The van der Waals surface area contributed by atoms with Gasteiger partial charge in [0, 0.05) is 13.6 Å². The lowest BCUT2D eigenvalue weighted by atomic mass is 10.3. The molecule has 0 saturated heterocycles. The molecule has 1 atom stereocenters. The van der Waals surface area contributed by atoms with Gasteiger partial charge in [0.1, 0.15) is 6.10 Å². The minimum absolute atomic E-state index is 0.207. The van der Waals surface area contributed by atoms with Crippen molar-refractivity contribution < 1.29 is 9.90 Å². The van der Waals surface area contributed by atoms with E-state index in [0.29, 0.717) is 6.54 Å². The fourth-order valence-electron chi connectivity index (χ4n) is 0.765. The lowest BCUT2D eigenvalue weighted by Crippen LogP contribution is -2.34. The number of hydrogen-bond acceptors (Lipinski definition) is 2. The van der Waals surface area contributed by atoms with Crippen LogP contribution >= 0.6 is 0 Å². The van der Waals surface area contributed by atoms with Crippen LogP contribution in [-0.4, -0.2) is 35.6 Å². The zero-order valence-electron chi connectivity index (χ0n) is 6.79. The molecule has 0 heterocycles. The van der Waals surface area contributed by atoms with Crippen molar-refractivity contribution in [2.45, 2.75) is 26.4 Å². The predicted molar refractivity (Wildman–Crippen MR) is 39.6 cm³/mol. The first-order chi connectivity index (χ1) is 4.59. The lowest BCUT2D eigenvalue weighted by Gasteiger charge is -2.17. The van der Waals surface area contributed by atoms with Crippen LogP contribution < -0.4 is 0 Å². The van der Waals surface area contributed by atoms with Gasteiger partial charge in [-0.3, -0.25) is 4.79 Å². The maximum absolute atomic E-state index is 10.9. The zero-order chi connectivity index (χ0) is 8.15. The van der Waals surface area contributed by atoms with E-state index in [4.69, 9.17) is 5.11 Å². The van der Waals surface area contributed by atoms with E-state index in [1.165, 1.54) is 11.8 Å². The van der Waals surface area contributed by atoms with Crippen LogP contribution in [0.3, 0.4) is 0 Å². The number of aliphatic hydroxyl groups excluding tert-OH is 1. The summed E-state index contributed by atoms with van der Waals surface area (Å²) in [6.45, 7) is 4.18. The normalized spacial score (nSPS) is 12.8. The van der Waals surface area contributed by atoms with Crippen LogP contribution in [0, 0.1) is 0 Å². The highest BCUT2D eigenvalue weighted by molar-refractivity contribution is 5.79. The molecule has 60 valence electrons. The number of hydrogen-bond donors (Lipinski definition) is 1. The fourth-order valence-corrected chi connectivity index (χ4v) is 0.765. The molecule has 1 amide bonds. The van der Waals surface area contributed by atoms with Crippen molar-refractivity contribution >= 4 is 5.91 Å². The summed E-state index contributed by atoms with van der Waals surface area (Å²) in [6, 6.07) is 0. The summed E-state index contributed by atoms with van der Waals surface area (Å²) in [7, 11) is 1.69. The van der Waals surface area contributed by atoms with E-state index in [1.54, 1.807) is 7.05 Å². The van der Waals surface area contributed by atoms with E-state index < -0.39 is 6.10 Å². The number of carbonyl (C=O) groups excluding carboxylic acids is 1. The van der Waals surface area contributed by atoms with E-state index >= 15 is 0 Å². The van der Waals surface area contributed by atoms with Gasteiger partial charge in [-0.15, -0.1) is 0 Å². The third kappa shape index (κ3) is 2.82. The van der Waals surface area contributed by atoms with E-state index in [0.717, 1.165) is 6.42 Å². The predicted octanol–water partition coefficient (Wildman–Crippen LogP) is 0.236. The summed E-state index contributed by atoms with van der Waals surface area (Å²) >= 11 is 0. The molecule has 0 unspecified atom stereocenters. The molecule has 0 radical (unpaired) electrons. The molecule has 0 bridgehead atoms. The Morgan fingerprint density at radius 1 is 1.70 bits per heavy atom. The van der Waals surface area contributed by atoms with Crippen LogP contribution in [-0.2, 0) is 4.79 Å². The third-order valence-corrected chi connectivity index (χ3v) is 1.29. The van der Waals surface area contributed by atoms with Crippen molar-refractivity contribution in [2.24, 2.45) is 0 Å². The lowest BCUT2D eigenvalue weighted by molar-refractivity contribution is -0.137. The average Bonchev–Trinajstić information content (AvgIpc) is 1.87. The van der Waals surface area contributed by atoms with Gasteiger partial charge in [0.05, 0.1) is 0 Å². The number of rotatable bonds is 3. The van der Waals surface area contributed by atoms with Crippen molar-refractivity contribution in [2.75, 3.05) is 13.6 Å². The molecular formula is C7H15NO2. The van der Waals surface area contributed by atoms with E-state index in [-0.39, 0.29) is 5.91 Å². The fraction of sp³-hybridized carbons (Fsp3) is 0.857. The van der Waals surface area contributed by atoms with Crippen molar-refractivity contribution in [3.8, 4) is 0 Å². The maximum atomic E-state index is 10.9. The molecule has 10 heavy (non-hydrogen) atoms. The Bertz CT molecular complexity index is 112. The van der Waals surface area contributed by atoms with E-state index in [1.807, 2.05) is 6.92 Å². The molecule has 0 aliphatic carbocycles. The molecule has 3 heteroatoms. The first-order valence-electron chi connectivity index (χ1n) is 3.52. The third-order valence-electron chi connectivity index (χ3n) is 1.29. The van der Waals surface area contributed by atoms with Gasteiger partial charge in [-0.1, -0.05) is 6.92 Å². The van der Waals surface area contributed by atoms with Crippen molar-refractivity contribution in [3.63, 3.8) is 0 Å². The minimum Gasteiger partial charge on any atom is -0.384 e. The summed E-state index contributed by atoms with van der Waals surface area (Å²) in [5, 5.41) is 8.83. The van der Waals surface area contributed by atoms with Crippen LogP contribution in [0.15, 0.2) is 0 Å². The molecule has 0 saturated carbocycles. The molecule has 0 spiro atoms. The van der Waals surface area contributed by atoms with Crippen LogP contribution in [0.4, 0.5) is 0 Å². The standard InChI is InChI=1S/C7H15NO2/c1-4-5-8(3)7(10)6(2)9/h6,9H,4-5H2,1-3H3/t6-/m1/s1. The number of carbonyl (C=O) groups is 1. The molecule has 0 aliphatic rings. The number of aliphatic hydroxyl groups is 1. The molecule has 0 aromatic carbocycles. The molecule has 0 aromatic rings. The summed E-state index contributed by atoms with van der Waals surface area (Å²) in [6.07, 6.45) is 0.0612. The molecular weight excluding hydrogens is 130 g/mol. The second-order valence-corrected chi connectivity index (χ2v) is 2.44. The monoisotopic (exact) mass is 145 g/mol. The maximum Gasteiger partial charge on any atom is 0.250 e. The topological polar surface area (TPSA) is 40.5 Å². The second-order valence-electron chi connectivity index (χ2n) is 2.44. The van der Waals surface area contributed by atoms with Gasteiger partial charge in [-0.05, 0) is 13.3 Å². The van der Waals surface area contributed by atoms with E-state index in [2.05, 4.69) is 0 Å². The highest BCUT2D eigenvalue weighted by atomic mass is 16.3. The van der Waals surface area contributed by atoms with Crippen molar-refractivity contribution in [1.29, 1.82) is 0 Å². The van der Waals surface area contributed by atoms with Gasteiger partial charge in [-0.2, -0.15) is 0 Å². The van der Waals surface area contributed by atoms with E-state index in [9.17, 15) is 4.79 Å². The zero-order valence-corrected chi connectivity index (χ0v) is 6.79.